The van der Waals surface area contributed by atoms with Crippen LogP contribution in [0.1, 0.15) is 36.0 Å². The predicted molar refractivity (Wildman–Crippen MR) is 92.0 cm³/mol. The van der Waals surface area contributed by atoms with Crippen LogP contribution < -0.4 is 5.32 Å². The highest BCUT2D eigenvalue weighted by atomic mass is 32.2. The highest BCUT2D eigenvalue weighted by molar-refractivity contribution is 7.99. The molecule has 0 aromatic carbocycles. The van der Waals surface area contributed by atoms with Crippen molar-refractivity contribution in [3.8, 4) is 0 Å². The monoisotopic (exact) mass is 352 g/mol. The van der Waals surface area contributed by atoms with Gasteiger partial charge in [-0.1, -0.05) is 25.6 Å². The highest BCUT2D eigenvalue weighted by Gasteiger charge is 2.13. The van der Waals surface area contributed by atoms with Gasteiger partial charge in [-0.25, -0.2) is 0 Å². The zero-order valence-electron chi connectivity index (χ0n) is 14.5. The van der Waals surface area contributed by atoms with Gasteiger partial charge in [-0.05, 0) is 18.1 Å². The molecular formula is C16H24N4O3S. The van der Waals surface area contributed by atoms with Gasteiger partial charge in [-0.15, -0.1) is 10.2 Å². The number of aromatic nitrogens is 3. The largest absolute Gasteiger partial charge is 0.453 e. The molecule has 24 heavy (non-hydrogen) atoms. The summed E-state index contributed by atoms with van der Waals surface area (Å²) in [6.45, 7) is 5.17. The summed E-state index contributed by atoms with van der Waals surface area (Å²) in [5, 5.41) is 12.1. The number of ether oxygens (including phenoxy) is 1. The third kappa shape index (κ3) is 5.10. The Balaban J connectivity index is 1.82. The normalized spacial score (nSPS) is 11.2. The molecule has 7 nitrogen and oxygen atoms in total. The minimum Gasteiger partial charge on any atom is -0.453 e. The third-order valence-corrected chi connectivity index (χ3v) is 4.72. The van der Waals surface area contributed by atoms with Crippen molar-refractivity contribution in [1.29, 1.82) is 0 Å². The zero-order chi connectivity index (χ0) is 17.5. The molecule has 0 fully saturated rings. The lowest BCUT2D eigenvalue weighted by Crippen LogP contribution is -2.26. The maximum atomic E-state index is 12.0. The first-order valence-corrected chi connectivity index (χ1v) is 8.86. The quantitative estimate of drug-likeness (QED) is 0.697. The van der Waals surface area contributed by atoms with E-state index in [1.54, 1.807) is 31.0 Å². The Morgan fingerprint density at radius 2 is 2.21 bits per heavy atom. The molecule has 1 amide bonds. The van der Waals surface area contributed by atoms with E-state index >= 15 is 0 Å². The van der Waals surface area contributed by atoms with Crippen LogP contribution in [-0.2, 0) is 24.8 Å². The van der Waals surface area contributed by atoms with Crippen LogP contribution in [-0.4, -0.2) is 40.1 Å². The molecule has 8 heteroatoms. The van der Waals surface area contributed by atoms with E-state index in [0.717, 1.165) is 16.7 Å². The van der Waals surface area contributed by atoms with Crippen molar-refractivity contribution < 1.29 is 13.9 Å². The Morgan fingerprint density at radius 3 is 2.92 bits per heavy atom. The van der Waals surface area contributed by atoms with E-state index in [1.807, 2.05) is 11.6 Å². The summed E-state index contributed by atoms with van der Waals surface area (Å²) >= 11 is 1.70. The molecule has 2 aromatic rings. The second-order valence-corrected chi connectivity index (χ2v) is 6.85. The Kier molecular flexibility index (Phi) is 6.86. The topological polar surface area (TPSA) is 82.2 Å². The fourth-order valence-electron chi connectivity index (χ4n) is 2.02. The number of nitrogens with one attached hydrogen (secondary N) is 1. The molecule has 132 valence electrons. The van der Waals surface area contributed by atoms with E-state index in [4.69, 9.17) is 9.15 Å². The van der Waals surface area contributed by atoms with Crippen LogP contribution in [0.3, 0.4) is 0 Å². The summed E-state index contributed by atoms with van der Waals surface area (Å²) in [4.78, 5) is 12.0. The lowest BCUT2D eigenvalue weighted by atomic mass is 10.3. The number of furan rings is 1. The average molecular weight is 352 g/mol. The second-order valence-electron chi connectivity index (χ2n) is 5.87. The van der Waals surface area contributed by atoms with Gasteiger partial charge in [0.25, 0.3) is 5.91 Å². The SMILES string of the molecule is COCc1ccc(C(=O)NCCc2nnc(SCC(C)C)n2C)o1. The van der Waals surface area contributed by atoms with Gasteiger partial charge < -0.3 is 19.0 Å². The van der Waals surface area contributed by atoms with Crippen LogP contribution in [0.15, 0.2) is 21.7 Å². The lowest BCUT2D eigenvalue weighted by molar-refractivity contribution is 0.0917. The summed E-state index contributed by atoms with van der Waals surface area (Å²) < 4.78 is 12.3. The Morgan fingerprint density at radius 1 is 1.42 bits per heavy atom. The maximum Gasteiger partial charge on any atom is 0.287 e. The van der Waals surface area contributed by atoms with Crippen LogP contribution in [0.2, 0.25) is 0 Å². The van der Waals surface area contributed by atoms with Crippen LogP contribution in [0.5, 0.6) is 0 Å². The number of carbonyl (C=O) groups is 1. The van der Waals surface area contributed by atoms with Crippen molar-refractivity contribution >= 4 is 17.7 Å². The highest BCUT2D eigenvalue weighted by Crippen LogP contribution is 2.18. The van der Waals surface area contributed by atoms with Crippen LogP contribution in [0, 0.1) is 5.92 Å². The van der Waals surface area contributed by atoms with E-state index < -0.39 is 0 Å². The van der Waals surface area contributed by atoms with E-state index in [9.17, 15) is 4.79 Å². The minimum atomic E-state index is -0.242. The summed E-state index contributed by atoms with van der Waals surface area (Å²) in [6.07, 6.45) is 0.614. The van der Waals surface area contributed by atoms with E-state index in [-0.39, 0.29) is 11.7 Å². The molecule has 2 aromatic heterocycles. The van der Waals surface area contributed by atoms with Crippen molar-refractivity contribution in [2.75, 3.05) is 19.4 Å². The van der Waals surface area contributed by atoms with Crippen LogP contribution in [0.25, 0.3) is 0 Å². The first kappa shape index (κ1) is 18.5. The lowest BCUT2D eigenvalue weighted by Gasteiger charge is -2.06. The van der Waals surface area contributed by atoms with E-state index in [1.165, 1.54) is 0 Å². The first-order chi connectivity index (χ1) is 11.5. The van der Waals surface area contributed by atoms with Crippen molar-refractivity contribution in [2.24, 2.45) is 13.0 Å². The van der Waals surface area contributed by atoms with Crippen LogP contribution >= 0.6 is 11.8 Å². The number of carbonyl (C=O) groups excluding carboxylic acids is 1. The number of hydrogen-bond acceptors (Lipinski definition) is 6. The molecule has 0 atom stereocenters. The Labute approximate surface area is 146 Å². The summed E-state index contributed by atoms with van der Waals surface area (Å²) in [7, 11) is 3.53. The van der Waals surface area contributed by atoms with Gasteiger partial charge in [-0.2, -0.15) is 0 Å². The standard InChI is InChI=1S/C16H24N4O3S/c1-11(2)10-24-16-19-18-14(20(16)3)7-8-17-15(21)13-6-5-12(23-13)9-22-4/h5-6,11H,7-10H2,1-4H3,(H,17,21). The van der Waals surface area contributed by atoms with E-state index in [2.05, 4.69) is 29.4 Å². The number of thioether (sulfide) groups is 1. The molecular weight excluding hydrogens is 328 g/mol. The summed E-state index contributed by atoms with van der Waals surface area (Å²) in [6, 6.07) is 3.38. The maximum absolute atomic E-state index is 12.0. The fraction of sp³-hybridized carbons (Fsp3) is 0.562. The molecule has 1 N–H and O–H groups in total. The second kappa shape index (κ2) is 8.89. The molecule has 0 spiro atoms. The number of amides is 1. The number of nitrogens with zero attached hydrogens (tertiary/aromatic N) is 3. The fourth-order valence-corrected chi connectivity index (χ4v) is 2.90. The molecule has 0 bridgehead atoms. The van der Waals surface area contributed by atoms with Crippen molar-refractivity contribution in [2.45, 2.75) is 32.0 Å². The number of hydrogen-bond donors (Lipinski definition) is 1. The van der Waals surface area contributed by atoms with Gasteiger partial charge in [0.2, 0.25) is 0 Å². The molecule has 2 heterocycles. The molecule has 0 unspecified atom stereocenters. The van der Waals surface area contributed by atoms with Gasteiger partial charge in [-0.3, -0.25) is 4.79 Å². The minimum absolute atomic E-state index is 0.242. The van der Waals surface area contributed by atoms with E-state index in [0.29, 0.717) is 31.3 Å². The van der Waals surface area contributed by atoms with Gasteiger partial charge in [0, 0.05) is 32.9 Å². The predicted octanol–water partition coefficient (Wildman–Crippen LogP) is 2.28. The average Bonchev–Trinajstić information content (AvgIpc) is 3.14. The van der Waals surface area contributed by atoms with Crippen molar-refractivity contribution in [3.05, 3.63) is 29.5 Å². The summed E-state index contributed by atoms with van der Waals surface area (Å²) in [5.74, 6) is 3.13. The van der Waals surface area contributed by atoms with Crippen molar-refractivity contribution in [1.82, 2.24) is 20.1 Å². The zero-order valence-corrected chi connectivity index (χ0v) is 15.4. The van der Waals surface area contributed by atoms with Gasteiger partial charge in [0.05, 0.1) is 0 Å². The molecule has 2 rings (SSSR count). The molecule has 0 aliphatic carbocycles. The number of methoxy groups -OCH3 is 1. The Bertz CT molecular complexity index is 666. The summed E-state index contributed by atoms with van der Waals surface area (Å²) in [5.41, 5.74) is 0. The van der Waals surface area contributed by atoms with Crippen molar-refractivity contribution in [3.63, 3.8) is 0 Å². The molecule has 0 aliphatic heterocycles. The van der Waals surface area contributed by atoms with Gasteiger partial charge in [0.15, 0.2) is 10.9 Å². The smallest absolute Gasteiger partial charge is 0.287 e. The van der Waals surface area contributed by atoms with Crippen LogP contribution in [0.4, 0.5) is 0 Å². The molecule has 0 radical (unpaired) electrons. The molecule has 0 saturated heterocycles. The Hall–Kier alpha value is -1.80. The molecule has 0 saturated carbocycles. The third-order valence-electron chi connectivity index (χ3n) is 3.28. The number of rotatable bonds is 9. The first-order valence-electron chi connectivity index (χ1n) is 7.88. The van der Waals surface area contributed by atoms with Gasteiger partial charge in [0.1, 0.15) is 18.2 Å². The van der Waals surface area contributed by atoms with Gasteiger partial charge >= 0.3 is 0 Å². The molecule has 0 aliphatic rings.